The molecule has 0 aromatic rings. The van der Waals surface area contributed by atoms with Crippen LogP contribution < -0.4 is 0 Å². The van der Waals surface area contributed by atoms with Crippen molar-refractivity contribution >= 4 is 43.1 Å². The first kappa shape index (κ1) is 14.7. The van der Waals surface area contributed by atoms with Crippen molar-refractivity contribution in [2.75, 3.05) is 0 Å². The van der Waals surface area contributed by atoms with Gasteiger partial charge in [0.1, 0.15) is 7.35 Å². The predicted octanol–water partition coefficient (Wildman–Crippen LogP) is 3.48. The molecule has 2 bridgehead atoms. The summed E-state index contributed by atoms with van der Waals surface area (Å²) in [6.07, 6.45) is 0. The fourth-order valence-electron chi connectivity index (χ4n) is 5.63. The maximum absolute atomic E-state index is 7.10. The quantitative estimate of drug-likeness (QED) is 0.616. The molecule has 0 aromatic carbocycles. The van der Waals surface area contributed by atoms with E-state index in [1.165, 1.54) is 0 Å². The Morgan fingerprint density at radius 3 is 1.18 bits per heavy atom. The molecular formula is C10H30OSi6. The third-order valence-corrected chi connectivity index (χ3v) is 165. The molecule has 2 atom stereocenters. The lowest BCUT2D eigenvalue weighted by Gasteiger charge is -2.56. The molecule has 0 N–H and O–H groups in total. The second-order valence-corrected chi connectivity index (χ2v) is 77.9. The maximum atomic E-state index is 7.10. The highest BCUT2D eigenvalue weighted by molar-refractivity contribution is 8.22. The Balaban J connectivity index is 2.83. The van der Waals surface area contributed by atoms with Crippen LogP contribution in [-0.4, -0.2) is 43.1 Å². The van der Waals surface area contributed by atoms with Crippen LogP contribution in [0.25, 0.3) is 0 Å². The van der Waals surface area contributed by atoms with Crippen molar-refractivity contribution in [2.24, 2.45) is 0 Å². The average Bonchev–Trinajstić information content (AvgIpc) is 2.25. The highest BCUT2D eigenvalue weighted by Gasteiger charge is 2.89. The van der Waals surface area contributed by atoms with E-state index in [0.29, 0.717) is 0 Å². The van der Waals surface area contributed by atoms with Crippen LogP contribution >= 0.6 is 0 Å². The fourth-order valence-corrected chi connectivity index (χ4v) is 288. The molecule has 2 unspecified atom stereocenters. The van der Waals surface area contributed by atoms with Gasteiger partial charge >= 0.3 is 0 Å². The molecule has 0 aromatic heterocycles. The minimum absolute atomic E-state index is 0.977. The second kappa shape index (κ2) is 3.12. The van der Waals surface area contributed by atoms with Crippen molar-refractivity contribution in [3.8, 4) is 0 Å². The summed E-state index contributed by atoms with van der Waals surface area (Å²) < 4.78 is 7.10. The molecule has 17 heavy (non-hydrogen) atoms. The van der Waals surface area contributed by atoms with Gasteiger partial charge in [-0.3, -0.25) is 0 Å². The number of hydrogen-bond donors (Lipinski definition) is 0. The van der Waals surface area contributed by atoms with Crippen molar-refractivity contribution < 1.29 is 4.12 Å². The van der Waals surface area contributed by atoms with Crippen molar-refractivity contribution in [2.45, 2.75) is 65.5 Å². The first-order chi connectivity index (χ1) is 7.21. The molecule has 7 heteroatoms. The summed E-state index contributed by atoms with van der Waals surface area (Å²) in [7, 11) is -5.72. The highest BCUT2D eigenvalue weighted by atomic mass is 30.3. The van der Waals surface area contributed by atoms with Crippen LogP contribution in [0, 0.1) is 0 Å². The standard InChI is InChI=1S/C10H30OSi6/c1-12(2)11-16(9)13(3,4)14(5,6)17(12,10)15(16,7)8/h1-10H3. The van der Waals surface area contributed by atoms with Crippen LogP contribution in [0.15, 0.2) is 0 Å². The smallest absolute Gasteiger partial charge is 0.154 e. The van der Waals surface area contributed by atoms with Gasteiger partial charge in [0.2, 0.25) is 0 Å². The maximum Gasteiger partial charge on any atom is 0.154 e. The van der Waals surface area contributed by atoms with Gasteiger partial charge in [-0.25, -0.2) is 0 Å². The zero-order valence-electron chi connectivity index (χ0n) is 13.4. The topological polar surface area (TPSA) is 9.23 Å². The molecule has 2 fully saturated rings. The van der Waals surface area contributed by atoms with E-state index in [4.69, 9.17) is 4.12 Å². The Morgan fingerprint density at radius 1 is 0.529 bits per heavy atom. The Morgan fingerprint density at radius 2 is 0.941 bits per heavy atom. The summed E-state index contributed by atoms with van der Waals surface area (Å²) in [6, 6.07) is 0. The lowest BCUT2D eigenvalue weighted by molar-refractivity contribution is 0.599. The lowest BCUT2D eigenvalue weighted by Crippen LogP contribution is -2.83. The molecule has 2 aliphatic rings. The molecule has 2 heterocycles. The van der Waals surface area contributed by atoms with E-state index in [-0.39, 0.29) is 0 Å². The number of fused-ring (bicyclic) bond motifs is 2. The van der Waals surface area contributed by atoms with Gasteiger partial charge in [0.15, 0.2) is 7.83 Å². The fraction of sp³-hybridized carbons (Fsp3) is 1.00. The predicted molar refractivity (Wildman–Crippen MR) is 94.2 cm³/mol. The van der Waals surface area contributed by atoms with Gasteiger partial charge in [-0.15, -0.1) is 0 Å². The molecule has 2 rings (SSSR count). The van der Waals surface area contributed by atoms with Crippen molar-refractivity contribution in [1.82, 2.24) is 0 Å². The Kier molecular flexibility index (Phi) is 2.69. The minimum Gasteiger partial charge on any atom is -0.463 e. The van der Waals surface area contributed by atoms with Crippen LogP contribution in [0.4, 0.5) is 0 Å². The van der Waals surface area contributed by atoms with Gasteiger partial charge in [0.25, 0.3) is 0 Å². The van der Waals surface area contributed by atoms with Gasteiger partial charge in [-0.2, -0.15) is 0 Å². The van der Waals surface area contributed by atoms with Crippen LogP contribution in [0.1, 0.15) is 0 Å². The van der Waals surface area contributed by atoms with Gasteiger partial charge in [0, 0.05) is 7.11 Å². The minimum atomic E-state index is -1.32. The first-order valence-corrected chi connectivity index (χ1v) is 29.7. The van der Waals surface area contributed by atoms with Crippen molar-refractivity contribution in [1.29, 1.82) is 0 Å². The van der Waals surface area contributed by atoms with E-state index >= 15 is 0 Å². The molecule has 0 spiro atoms. The summed E-state index contributed by atoms with van der Waals surface area (Å²) in [5.41, 5.74) is 0. The SMILES string of the molecule is C[Si]1(C)O[Si]2(C)[Si](C)(C)[Si](C)(C)[Si]1(C)[Si]2(C)C. The molecule has 0 aliphatic carbocycles. The van der Waals surface area contributed by atoms with E-state index < -0.39 is 43.1 Å². The van der Waals surface area contributed by atoms with Crippen LogP contribution in [-0.2, 0) is 4.12 Å². The molecule has 0 radical (unpaired) electrons. The third-order valence-electron chi connectivity index (χ3n) is 8.11. The second-order valence-electron chi connectivity index (χ2n) is 8.65. The van der Waals surface area contributed by atoms with Crippen molar-refractivity contribution in [3.05, 3.63) is 0 Å². The van der Waals surface area contributed by atoms with Gasteiger partial charge in [-0.05, 0) is 13.1 Å². The molecule has 100 valence electrons. The van der Waals surface area contributed by atoms with Crippen LogP contribution in [0.5, 0.6) is 0 Å². The van der Waals surface area contributed by atoms with Gasteiger partial charge in [-0.1, -0.05) is 52.4 Å². The summed E-state index contributed by atoms with van der Waals surface area (Å²) in [6.45, 7) is 26.3. The molecule has 2 saturated heterocycles. The average molecular weight is 335 g/mol. The van der Waals surface area contributed by atoms with E-state index in [1.807, 2.05) is 0 Å². The monoisotopic (exact) mass is 334 g/mol. The Labute approximate surface area is 112 Å². The summed E-state index contributed by atoms with van der Waals surface area (Å²) in [5, 5.41) is 0. The molecule has 0 amide bonds. The summed E-state index contributed by atoms with van der Waals surface area (Å²) >= 11 is 0. The Bertz CT molecular complexity index is 380. The van der Waals surface area contributed by atoms with Gasteiger partial charge in [0.05, 0.1) is 20.8 Å². The molecule has 0 saturated carbocycles. The molecule has 2 aliphatic heterocycles. The van der Waals surface area contributed by atoms with Crippen molar-refractivity contribution in [3.63, 3.8) is 0 Å². The largest absolute Gasteiger partial charge is 0.463 e. The Hall–Kier alpha value is 1.26. The van der Waals surface area contributed by atoms with E-state index in [0.717, 1.165) is 0 Å². The van der Waals surface area contributed by atoms with E-state index in [2.05, 4.69) is 65.5 Å². The van der Waals surface area contributed by atoms with Crippen LogP contribution in [0.2, 0.25) is 65.5 Å². The zero-order valence-corrected chi connectivity index (χ0v) is 19.4. The highest BCUT2D eigenvalue weighted by Crippen LogP contribution is 2.60. The lowest BCUT2D eigenvalue weighted by atomic mass is 11.9. The van der Waals surface area contributed by atoms with Gasteiger partial charge < -0.3 is 4.12 Å². The summed E-state index contributed by atoms with van der Waals surface area (Å²) in [5.74, 6) is 0. The first-order valence-electron chi connectivity index (χ1n) is 6.91. The third kappa shape index (κ3) is 1.07. The molecule has 1 nitrogen and oxygen atoms in total. The normalized spacial score (nSPS) is 48.4. The van der Waals surface area contributed by atoms with Crippen LogP contribution in [0.3, 0.4) is 0 Å². The number of hydrogen-bond acceptors (Lipinski definition) is 1. The molecular weight excluding hydrogens is 305 g/mol. The van der Waals surface area contributed by atoms with E-state index in [1.54, 1.807) is 0 Å². The van der Waals surface area contributed by atoms with E-state index in [9.17, 15) is 0 Å². The number of rotatable bonds is 0. The zero-order chi connectivity index (χ0) is 13.7. The summed E-state index contributed by atoms with van der Waals surface area (Å²) in [4.78, 5) is 0.